The molecule has 28 heavy (non-hydrogen) atoms. The summed E-state index contributed by atoms with van der Waals surface area (Å²) in [4.78, 5) is 25.4. The molecule has 1 unspecified atom stereocenters. The van der Waals surface area contributed by atoms with E-state index in [9.17, 15) is 14.7 Å². The van der Waals surface area contributed by atoms with Gasteiger partial charge in [-0.25, -0.2) is 0 Å². The van der Waals surface area contributed by atoms with Crippen molar-refractivity contribution < 1.29 is 28.6 Å². The molecular formula is C21H32O6Si. The third kappa shape index (κ3) is 3.82. The Balaban J connectivity index is 2.42. The monoisotopic (exact) mass is 408 g/mol. The minimum absolute atomic E-state index is 0.0237. The van der Waals surface area contributed by atoms with Crippen LogP contribution in [0.25, 0.3) is 0 Å². The maximum atomic E-state index is 12.7. The SMILES string of the molecule is CCOC(=O)C1(C(=O)OCC)Cc2cc(O[Si](C)(C)C(C)(C)C)ccc2C1O. The maximum Gasteiger partial charge on any atom is 0.326 e. The van der Waals surface area contributed by atoms with Crippen molar-refractivity contribution in [2.75, 3.05) is 13.2 Å². The molecule has 0 saturated heterocycles. The van der Waals surface area contributed by atoms with Gasteiger partial charge in [0.25, 0.3) is 0 Å². The third-order valence-corrected chi connectivity index (χ3v) is 10.2. The van der Waals surface area contributed by atoms with Crippen molar-refractivity contribution in [3.8, 4) is 5.75 Å². The number of carbonyl (C=O) groups is 2. The highest BCUT2D eigenvalue weighted by Crippen LogP contribution is 2.49. The summed E-state index contributed by atoms with van der Waals surface area (Å²) in [5.41, 5.74) is -0.544. The molecular weight excluding hydrogens is 376 g/mol. The average molecular weight is 409 g/mol. The number of aliphatic hydroxyl groups is 1. The highest BCUT2D eigenvalue weighted by molar-refractivity contribution is 6.74. The van der Waals surface area contributed by atoms with Crippen molar-refractivity contribution in [3.63, 3.8) is 0 Å². The largest absolute Gasteiger partial charge is 0.543 e. The van der Waals surface area contributed by atoms with Gasteiger partial charge in [-0.2, -0.15) is 0 Å². The van der Waals surface area contributed by atoms with E-state index in [0.29, 0.717) is 16.9 Å². The lowest BCUT2D eigenvalue weighted by Crippen LogP contribution is -2.45. The first-order chi connectivity index (χ1) is 12.9. The highest BCUT2D eigenvalue weighted by atomic mass is 28.4. The second-order valence-corrected chi connectivity index (χ2v) is 13.4. The van der Waals surface area contributed by atoms with Gasteiger partial charge in [0.2, 0.25) is 8.32 Å². The van der Waals surface area contributed by atoms with Crippen molar-refractivity contribution in [2.45, 2.75) is 65.3 Å². The van der Waals surface area contributed by atoms with Crippen LogP contribution in [0.5, 0.6) is 5.75 Å². The normalized spacial score (nSPS) is 18.4. The van der Waals surface area contributed by atoms with Crippen LogP contribution in [-0.2, 0) is 25.5 Å². The average Bonchev–Trinajstić information content (AvgIpc) is 2.87. The molecule has 0 aromatic heterocycles. The van der Waals surface area contributed by atoms with Crippen LogP contribution in [0.3, 0.4) is 0 Å². The summed E-state index contributed by atoms with van der Waals surface area (Å²) >= 11 is 0. The van der Waals surface area contributed by atoms with Crippen LogP contribution in [0, 0.1) is 5.41 Å². The van der Waals surface area contributed by atoms with E-state index in [0.717, 1.165) is 0 Å². The Morgan fingerprint density at radius 3 is 2.14 bits per heavy atom. The summed E-state index contributed by atoms with van der Waals surface area (Å²) < 4.78 is 16.6. The molecule has 1 N–H and O–H groups in total. The first kappa shape index (κ1) is 22.4. The van der Waals surface area contributed by atoms with Gasteiger partial charge in [0.15, 0.2) is 5.41 Å². The number of hydrogen-bond donors (Lipinski definition) is 1. The molecule has 1 aromatic rings. The summed E-state index contributed by atoms with van der Waals surface area (Å²) in [5, 5.41) is 10.9. The van der Waals surface area contributed by atoms with Crippen molar-refractivity contribution in [1.29, 1.82) is 0 Å². The highest BCUT2D eigenvalue weighted by Gasteiger charge is 2.59. The van der Waals surface area contributed by atoms with Crippen LogP contribution in [0.2, 0.25) is 18.1 Å². The van der Waals surface area contributed by atoms with Crippen LogP contribution in [0.4, 0.5) is 0 Å². The molecule has 2 rings (SSSR count). The number of rotatable bonds is 6. The van der Waals surface area contributed by atoms with Gasteiger partial charge in [0.05, 0.1) is 13.2 Å². The van der Waals surface area contributed by atoms with E-state index in [1.165, 1.54) is 0 Å². The number of hydrogen-bond acceptors (Lipinski definition) is 6. The summed E-state index contributed by atoms with van der Waals surface area (Å²) in [6.45, 7) is 14.3. The summed E-state index contributed by atoms with van der Waals surface area (Å²) in [6, 6.07) is 5.33. The van der Waals surface area contributed by atoms with Crippen molar-refractivity contribution in [2.24, 2.45) is 5.41 Å². The predicted molar refractivity (Wildman–Crippen MR) is 109 cm³/mol. The minimum Gasteiger partial charge on any atom is -0.543 e. The van der Waals surface area contributed by atoms with Crippen LogP contribution < -0.4 is 4.43 Å². The Morgan fingerprint density at radius 2 is 1.68 bits per heavy atom. The molecule has 0 saturated carbocycles. The lowest BCUT2D eigenvalue weighted by atomic mass is 9.82. The van der Waals surface area contributed by atoms with E-state index in [1.807, 2.05) is 6.07 Å². The molecule has 6 nitrogen and oxygen atoms in total. The zero-order valence-corrected chi connectivity index (χ0v) is 18.9. The Morgan fingerprint density at radius 1 is 1.14 bits per heavy atom. The Hall–Kier alpha value is -1.86. The molecule has 0 aliphatic heterocycles. The van der Waals surface area contributed by atoms with Crippen molar-refractivity contribution in [3.05, 3.63) is 29.3 Å². The number of aliphatic hydroxyl groups excluding tert-OH is 1. The molecule has 1 aromatic carbocycles. The van der Waals surface area contributed by atoms with E-state index in [4.69, 9.17) is 13.9 Å². The number of ether oxygens (including phenoxy) is 2. The van der Waals surface area contributed by atoms with Gasteiger partial charge in [-0.05, 0) is 55.2 Å². The van der Waals surface area contributed by atoms with E-state index >= 15 is 0 Å². The molecule has 0 heterocycles. The fourth-order valence-electron chi connectivity index (χ4n) is 3.15. The predicted octanol–water partition coefficient (Wildman–Crippen LogP) is 3.77. The van der Waals surface area contributed by atoms with E-state index < -0.39 is 31.8 Å². The topological polar surface area (TPSA) is 82.1 Å². The Bertz CT molecular complexity index is 732. The molecule has 1 atom stereocenters. The van der Waals surface area contributed by atoms with E-state index in [1.54, 1.807) is 26.0 Å². The first-order valence-electron chi connectivity index (χ1n) is 9.75. The molecule has 0 amide bonds. The second kappa shape index (κ2) is 7.87. The summed E-state index contributed by atoms with van der Waals surface area (Å²) in [5.74, 6) is -0.839. The lowest BCUT2D eigenvalue weighted by Gasteiger charge is -2.36. The van der Waals surface area contributed by atoms with Gasteiger partial charge < -0.3 is 19.0 Å². The molecule has 1 aliphatic rings. The maximum absolute atomic E-state index is 12.7. The van der Waals surface area contributed by atoms with E-state index in [-0.39, 0.29) is 24.7 Å². The molecule has 0 spiro atoms. The zero-order valence-electron chi connectivity index (χ0n) is 17.9. The fourth-order valence-corrected chi connectivity index (χ4v) is 4.17. The van der Waals surface area contributed by atoms with Crippen molar-refractivity contribution in [1.82, 2.24) is 0 Å². The van der Waals surface area contributed by atoms with Gasteiger partial charge in [-0.15, -0.1) is 0 Å². The number of fused-ring (bicyclic) bond motifs is 1. The molecule has 0 radical (unpaired) electrons. The molecule has 7 heteroatoms. The van der Waals surface area contributed by atoms with Gasteiger partial charge in [0.1, 0.15) is 11.9 Å². The number of esters is 2. The zero-order chi connectivity index (χ0) is 21.3. The van der Waals surface area contributed by atoms with Crippen LogP contribution >= 0.6 is 0 Å². The smallest absolute Gasteiger partial charge is 0.326 e. The van der Waals surface area contributed by atoms with Crippen LogP contribution in [0.15, 0.2) is 18.2 Å². The quantitative estimate of drug-likeness (QED) is 0.438. The summed E-state index contributed by atoms with van der Waals surface area (Å²) in [7, 11) is -2.05. The lowest BCUT2D eigenvalue weighted by molar-refractivity contribution is -0.180. The molecule has 0 fully saturated rings. The number of benzene rings is 1. The number of carbonyl (C=O) groups excluding carboxylic acids is 2. The van der Waals surface area contributed by atoms with Crippen LogP contribution in [0.1, 0.15) is 51.8 Å². The third-order valence-electron chi connectivity index (χ3n) is 5.80. The molecule has 1 aliphatic carbocycles. The van der Waals surface area contributed by atoms with Gasteiger partial charge in [-0.1, -0.05) is 26.8 Å². The van der Waals surface area contributed by atoms with Crippen molar-refractivity contribution >= 4 is 20.3 Å². The second-order valence-electron chi connectivity index (χ2n) is 8.71. The fraction of sp³-hybridized carbons (Fsp3) is 0.619. The minimum atomic E-state index is -2.05. The van der Waals surface area contributed by atoms with Gasteiger partial charge in [-0.3, -0.25) is 9.59 Å². The molecule has 0 bridgehead atoms. The standard InChI is InChI=1S/C21H32O6Si/c1-8-25-18(23)21(19(24)26-9-2)13-14-12-15(10-11-16(14)17(21)22)27-28(6,7)20(3,4)5/h10-12,17,22H,8-9,13H2,1-7H3. The first-order valence-corrected chi connectivity index (χ1v) is 12.7. The summed E-state index contributed by atoms with van der Waals surface area (Å²) in [6.07, 6.45) is -1.29. The van der Waals surface area contributed by atoms with Crippen LogP contribution in [-0.4, -0.2) is 38.6 Å². The Labute approximate surface area is 168 Å². The van der Waals surface area contributed by atoms with E-state index in [2.05, 4.69) is 33.9 Å². The van der Waals surface area contributed by atoms with Gasteiger partial charge in [0, 0.05) is 6.42 Å². The van der Waals surface area contributed by atoms with Gasteiger partial charge >= 0.3 is 11.9 Å². The Kier molecular flexibility index (Phi) is 6.30. The molecule has 156 valence electrons.